The molecule has 1 heterocycles. The van der Waals surface area contributed by atoms with Gasteiger partial charge in [-0.3, -0.25) is 9.69 Å². The van der Waals surface area contributed by atoms with E-state index in [9.17, 15) is 9.90 Å². The molecule has 0 bridgehead atoms. The molecule has 0 amide bonds. The lowest BCUT2D eigenvalue weighted by atomic mass is 9.91. The van der Waals surface area contributed by atoms with Gasteiger partial charge in [-0.15, -0.1) is 0 Å². The van der Waals surface area contributed by atoms with Crippen LogP contribution in [-0.4, -0.2) is 41.7 Å². The Labute approximate surface area is 139 Å². The topological polar surface area (TPSA) is 52.6 Å². The Balaban J connectivity index is 1.92. The van der Waals surface area contributed by atoms with Crippen molar-refractivity contribution in [2.24, 2.45) is 5.92 Å². The van der Waals surface area contributed by atoms with E-state index in [-0.39, 0.29) is 0 Å². The number of hydrogen-bond donors (Lipinski definition) is 2. The summed E-state index contributed by atoms with van der Waals surface area (Å²) in [4.78, 5) is 13.8. The van der Waals surface area contributed by atoms with Crippen molar-refractivity contribution < 1.29 is 9.90 Å². The van der Waals surface area contributed by atoms with Crippen LogP contribution in [0.25, 0.3) is 0 Å². The van der Waals surface area contributed by atoms with E-state index in [0.717, 1.165) is 38.9 Å². The van der Waals surface area contributed by atoms with Crippen molar-refractivity contribution in [1.29, 1.82) is 0 Å². The van der Waals surface area contributed by atoms with Crippen LogP contribution in [0.5, 0.6) is 0 Å². The smallest absolute Gasteiger partial charge is 0.320 e. The maximum absolute atomic E-state index is 11.3. The molecular formula is C19H30N2O2. The maximum Gasteiger partial charge on any atom is 0.320 e. The normalized spacial score (nSPS) is 20.4. The van der Waals surface area contributed by atoms with Crippen molar-refractivity contribution in [3.63, 3.8) is 0 Å². The van der Waals surface area contributed by atoms with E-state index in [2.05, 4.69) is 42.3 Å². The fraction of sp³-hybridized carbons (Fsp3) is 0.632. The highest BCUT2D eigenvalue weighted by molar-refractivity contribution is 5.73. The molecule has 4 heteroatoms. The Bertz CT molecular complexity index is 530. The lowest BCUT2D eigenvalue weighted by molar-refractivity contribution is -0.140. The average molecular weight is 318 g/mol. The van der Waals surface area contributed by atoms with Crippen molar-refractivity contribution in [1.82, 2.24) is 10.2 Å². The van der Waals surface area contributed by atoms with Crippen LogP contribution in [-0.2, 0) is 11.3 Å². The first-order chi connectivity index (χ1) is 11.0. The zero-order valence-electron chi connectivity index (χ0n) is 14.6. The van der Waals surface area contributed by atoms with Crippen molar-refractivity contribution >= 4 is 5.97 Å². The molecule has 4 nitrogen and oxygen atoms in total. The van der Waals surface area contributed by atoms with E-state index in [4.69, 9.17) is 0 Å². The predicted octanol–water partition coefficient (Wildman–Crippen LogP) is 2.97. The number of nitrogens with one attached hydrogen (secondary N) is 1. The van der Waals surface area contributed by atoms with Crippen molar-refractivity contribution in [2.75, 3.05) is 19.6 Å². The number of likely N-dealkylation sites (N-methyl/N-ethyl adjacent to an activating group) is 1. The average Bonchev–Trinajstić information content (AvgIpc) is 2.51. The quantitative estimate of drug-likeness (QED) is 0.811. The van der Waals surface area contributed by atoms with Crippen LogP contribution >= 0.6 is 0 Å². The van der Waals surface area contributed by atoms with Gasteiger partial charge in [0.15, 0.2) is 0 Å². The molecule has 0 aliphatic carbocycles. The summed E-state index contributed by atoms with van der Waals surface area (Å²) in [6.45, 7) is 10.1. The molecule has 2 rings (SSSR count). The molecule has 0 saturated carbocycles. The first kappa shape index (κ1) is 18.0. The first-order valence-electron chi connectivity index (χ1n) is 8.74. The summed E-state index contributed by atoms with van der Waals surface area (Å²) in [6, 6.07) is 6.27. The lowest BCUT2D eigenvalue weighted by Crippen LogP contribution is -2.42. The Morgan fingerprint density at radius 3 is 2.83 bits per heavy atom. The van der Waals surface area contributed by atoms with Gasteiger partial charge in [-0.1, -0.05) is 25.1 Å². The molecule has 2 atom stereocenters. The number of nitrogens with zero attached hydrogens (tertiary/aromatic N) is 1. The SMILES string of the molecule is CCNC(CC1CCCN(Cc2ccc(C)c(C)c2)C1)C(=O)O. The minimum Gasteiger partial charge on any atom is -0.480 e. The van der Waals surface area contributed by atoms with Gasteiger partial charge in [0.1, 0.15) is 6.04 Å². The molecule has 2 N–H and O–H groups in total. The molecule has 0 radical (unpaired) electrons. The van der Waals surface area contributed by atoms with Gasteiger partial charge in [-0.2, -0.15) is 0 Å². The van der Waals surface area contributed by atoms with Crippen molar-refractivity contribution in [3.8, 4) is 0 Å². The zero-order valence-corrected chi connectivity index (χ0v) is 14.6. The van der Waals surface area contributed by atoms with E-state index in [0.29, 0.717) is 12.5 Å². The van der Waals surface area contributed by atoms with Gasteiger partial charge in [0, 0.05) is 13.1 Å². The number of likely N-dealkylation sites (tertiary alicyclic amines) is 1. The standard InChI is InChI=1S/C19H30N2O2/c1-4-20-18(19(22)23)11-16-6-5-9-21(12-16)13-17-8-7-14(2)15(3)10-17/h7-8,10,16,18,20H,4-6,9,11-13H2,1-3H3,(H,22,23). The Kier molecular flexibility index (Phi) is 6.60. The van der Waals surface area contributed by atoms with Crippen LogP contribution in [0.4, 0.5) is 0 Å². The lowest BCUT2D eigenvalue weighted by Gasteiger charge is -2.34. The summed E-state index contributed by atoms with van der Waals surface area (Å²) in [5.74, 6) is -0.256. The number of aliphatic carboxylic acids is 1. The maximum atomic E-state index is 11.3. The molecule has 1 aliphatic heterocycles. The molecule has 2 unspecified atom stereocenters. The summed E-state index contributed by atoms with van der Waals surface area (Å²) in [5.41, 5.74) is 4.03. The van der Waals surface area contributed by atoms with E-state index >= 15 is 0 Å². The highest BCUT2D eigenvalue weighted by Crippen LogP contribution is 2.23. The van der Waals surface area contributed by atoms with Crippen LogP contribution in [0.3, 0.4) is 0 Å². The third-order valence-electron chi connectivity index (χ3n) is 4.90. The molecule has 0 aromatic heterocycles. The number of aryl methyl sites for hydroxylation is 2. The second-order valence-corrected chi connectivity index (χ2v) is 6.85. The van der Waals surface area contributed by atoms with Gasteiger partial charge in [0.05, 0.1) is 0 Å². The summed E-state index contributed by atoms with van der Waals surface area (Å²) >= 11 is 0. The number of carbonyl (C=O) groups is 1. The summed E-state index contributed by atoms with van der Waals surface area (Å²) in [7, 11) is 0. The van der Waals surface area contributed by atoms with Crippen molar-refractivity contribution in [2.45, 2.75) is 52.6 Å². The molecule has 23 heavy (non-hydrogen) atoms. The van der Waals surface area contributed by atoms with Crippen LogP contribution in [0.15, 0.2) is 18.2 Å². The summed E-state index contributed by atoms with van der Waals surface area (Å²) in [5, 5.41) is 12.4. The van der Waals surface area contributed by atoms with Gasteiger partial charge in [0.25, 0.3) is 0 Å². The highest BCUT2D eigenvalue weighted by atomic mass is 16.4. The van der Waals surface area contributed by atoms with Gasteiger partial charge >= 0.3 is 5.97 Å². The fourth-order valence-corrected chi connectivity index (χ4v) is 3.50. The van der Waals surface area contributed by atoms with Gasteiger partial charge in [-0.05, 0) is 68.8 Å². The number of carboxylic acids is 1. The largest absolute Gasteiger partial charge is 0.480 e. The molecular weight excluding hydrogens is 288 g/mol. The summed E-state index contributed by atoms with van der Waals surface area (Å²) < 4.78 is 0. The molecule has 128 valence electrons. The van der Waals surface area contributed by atoms with Gasteiger partial charge in [-0.25, -0.2) is 0 Å². The molecule has 1 aromatic rings. The number of hydrogen-bond acceptors (Lipinski definition) is 3. The second kappa shape index (κ2) is 8.46. The van der Waals surface area contributed by atoms with E-state index < -0.39 is 12.0 Å². The van der Waals surface area contributed by atoms with Crippen LogP contribution in [0, 0.1) is 19.8 Å². The number of rotatable bonds is 7. The molecule has 0 spiro atoms. The Morgan fingerprint density at radius 2 is 2.17 bits per heavy atom. The van der Waals surface area contributed by atoms with E-state index in [1.165, 1.54) is 16.7 Å². The molecule has 1 fully saturated rings. The highest BCUT2D eigenvalue weighted by Gasteiger charge is 2.26. The van der Waals surface area contributed by atoms with Gasteiger partial charge < -0.3 is 10.4 Å². The minimum absolute atomic E-state index is 0.411. The summed E-state index contributed by atoms with van der Waals surface area (Å²) in [6.07, 6.45) is 3.03. The third kappa shape index (κ3) is 5.33. The third-order valence-corrected chi connectivity index (χ3v) is 4.90. The van der Waals surface area contributed by atoms with Crippen LogP contribution in [0.1, 0.15) is 42.9 Å². The fourth-order valence-electron chi connectivity index (χ4n) is 3.50. The van der Waals surface area contributed by atoms with Crippen LogP contribution < -0.4 is 5.32 Å². The molecule has 1 aliphatic rings. The molecule has 1 saturated heterocycles. The molecule has 1 aromatic carbocycles. The van der Waals surface area contributed by atoms with Crippen LogP contribution in [0.2, 0.25) is 0 Å². The van der Waals surface area contributed by atoms with Gasteiger partial charge in [0.2, 0.25) is 0 Å². The minimum atomic E-state index is -0.724. The van der Waals surface area contributed by atoms with E-state index in [1.807, 2.05) is 6.92 Å². The van der Waals surface area contributed by atoms with Crippen molar-refractivity contribution in [3.05, 3.63) is 34.9 Å². The number of piperidine rings is 1. The number of benzene rings is 1. The van der Waals surface area contributed by atoms with E-state index in [1.54, 1.807) is 0 Å². The number of carboxylic acid groups (broad SMARTS) is 1. The Hall–Kier alpha value is -1.39. The zero-order chi connectivity index (χ0) is 16.8. The Morgan fingerprint density at radius 1 is 1.39 bits per heavy atom. The second-order valence-electron chi connectivity index (χ2n) is 6.85. The predicted molar refractivity (Wildman–Crippen MR) is 93.6 cm³/mol. The first-order valence-corrected chi connectivity index (χ1v) is 8.74. The monoisotopic (exact) mass is 318 g/mol.